The highest BCUT2D eigenvalue weighted by Crippen LogP contribution is 2.31. The molecule has 0 atom stereocenters. The van der Waals surface area contributed by atoms with E-state index in [1.807, 2.05) is 0 Å². The number of aromatic amines is 1. The molecule has 0 aromatic carbocycles. The fraction of sp³-hybridized carbons (Fsp3) is 0.222. The largest absolute Gasteiger partial charge is 0.432 e. The van der Waals surface area contributed by atoms with Crippen molar-refractivity contribution in [3.63, 3.8) is 0 Å². The number of nitrogens with two attached hydrogens (primary N) is 1. The van der Waals surface area contributed by atoms with Crippen LogP contribution in [0.4, 0.5) is 13.2 Å². The molecule has 2 aromatic heterocycles. The number of nitrogens with zero attached hydrogens (tertiary/aromatic N) is 1. The van der Waals surface area contributed by atoms with Gasteiger partial charge < -0.3 is 10.7 Å². The Morgan fingerprint density at radius 1 is 1.44 bits per heavy atom. The number of hydrogen-bond donors (Lipinski definition) is 2. The van der Waals surface area contributed by atoms with Crippen LogP contribution in [0.25, 0.3) is 10.7 Å². The van der Waals surface area contributed by atoms with Crippen LogP contribution in [0, 0.1) is 0 Å². The zero-order valence-corrected chi connectivity index (χ0v) is 8.82. The van der Waals surface area contributed by atoms with E-state index in [1.54, 1.807) is 11.4 Å². The van der Waals surface area contributed by atoms with E-state index >= 15 is 0 Å². The molecule has 0 saturated carbocycles. The Morgan fingerprint density at radius 2 is 2.19 bits per heavy atom. The smallest absolute Gasteiger partial charge is 0.334 e. The number of alkyl halides is 3. The van der Waals surface area contributed by atoms with Crippen LogP contribution in [0.3, 0.4) is 0 Å². The number of halogens is 3. The summed E-state index contributed by atoms with van der Waals surface area (Å²) in [6.07, 6.45) is -3.60. The molecule has 3 N–H and O–H groups in total. The molecular formula is C9H8F3N3S. The normalized spacial score (nSPS) is 12.0. The molecule has 0 aliphatic heterocycles. The molecule has 2 heterocycles. The van der Waals surface area contributed by atoms with Crippen LogP contribution in [0.2, 0.25) is 0 Å². The minimum absolute atomic E-state index is 0.219. The number of rotatable bonds is 2. The minimum Gasteiger partial charge on any atom is -0.334 e. The van der Waals surface area contributed by atoms with Gasteiger partial charge in [0.1, 0.15) is 11.5 Å². The highest BCUT2D eigenvalue weighted by Gasteiger charge is 2.33. The fourth-order valence-electron chi connectivity index (χ4n) is 1.20. The van der Waals surface area contributed by atoms with Gasteiger partial charge in [0.15, 0.2) is 0 Å². The Hall–Kier alpha value is -1.34. The van der Waals surface area contributed by atoms with Gasteiger partial charge in [0.25, 0.3) is 0 Å². The predicted octanol–water partition coefficient (Wildman–Crippen LogP) is 2.62. The van der Waals surface area contributed by atoms with Crippen molar-refractivity contribution in [2.45, 2.75) is 12.7 Å². The van der Waals surface area contributed by atoms with E-state index in [4.69, 9.17) is 5.73 Å². The van der Waals surface area contributed by atoms with Gasteiger partial charge in [0.2, 0.25) is 0 Å². The Bertz CT molecular complexity index is 486. The van der Waals surface area contributed by atoms with Crippen LogP contribution >= 0.6 is 11.3 Å². The molecule has 2 aromatic rings. The van der Waals surface area contributed by atoms with Crippen LogP contribution in [-0.4, -0.2) is 9.97 Å². The number of nitrogens with one attached hydrogen (secondary N) is 1. The number of aromatic nitrogens is 2. The van der Waals surface area contributed by atoms with Crippen LogP contribution in [0.15, 0.2) is 17.6 Å². The Balaban J connectivity index is 2.31. The first-order valence-corrected chi connectivity index (χ1v) is 5.28. The Kier molecular flexibility index (Phi) is 2.73. The summed E-state index contributed by atoms with van der Waals surface area (Å²) in [6.45, 7) is 0.364. The summed E-state index contributed by atoms with van der Waals surface area (Å²) in [7, 11) is 0. The first kappa shape index (κ1) is 11.2. The Labute approximate surface area is 93.1 Å². The maximum atomic E-state index is 12.3. The maximum absolute atomic E-state index is 12.3. The molecule has 16 heavy (non-hydrogen) atoms. The van der Waals surface area contributed by atoms with Crippen LogP contribution in [0.5, 0.6) is 0 Å². The van der Waals surface area contributed by atoms with E-state index in [9.17, 15) is 13.2 Å². The molecule has 2 rings (SSSR count). The molecule has 0 aliphatic carbocycles. The van der Waals surface area contributed by atoms with E-state index in [-0.39, 0.29) is 5.82 Å². The van der Waals surface area contributed by atoms with Crippen molar-refractivity contribution < 1.29 is 13.2 Å². The third-order valence-electron chi connectivity index (χ3n) is 2.00. The van der Waals surface area contributed by atoms with Gasteiger partial charge in [-0.3, -0.25) is 0 Å². The topological polar surface area (TPSA) is 54.7 Å². The lowest BCUT2D eigenvalue weighted by molar-refractivity contribution is -0.140. The molecular weight excluding hydrogens is 239 g/mol. The number of thiophene rings is 1. The van der Waals surface area contributed by atoms with Crippen molar-refractivity contribution in [1.29, 1.82) is 0 Å². The first-order chi connectivity index (χ1) is 7.50. The van der Waals surface area contributed by atoms with E-state index < -0.39 is 11.9 Å². The van der Waals surface area contributed by atoms with E-state index in [2.05, 4.69) is 9.97 Å². The predicted molar refractivity (Wildman–Crippen MR) is 54.8 cm³/mol. The Morgan fingerprint density at radius 3 is 2.69 bits per heavy atom. The summed E-state index contributed by atoms with van der Waals surface area (Å²) in [6, 6.07) is 1.73. The molecule has 0 amide bonds. The summed E-state index contributed by atoms with van der Waals surface area (Å²) in [5, 5.41) is 1.80. The van der Waals surface area contributed by atoms with Gasteiger partial charge in [0.05, 0.1) is 11.1 Å². The van der Waals surface area contributed by atoms with Gasteiger partial charge in [-0.25, -0.2) is 4.98 Å². The third-order valence-corrected chi connectivity index (χ3v) is 2.99. The van der Waals surface area contributed by atoms with E-state index in [0.29, 0.717) is 11.4 Å². The summed E-state index contributed by atoms with van der Waals surface area (Å²) in [5.41, 5.74) is 5.45. The number of imidazole rings is 1. The van der Waals surface area contributed by atoms with Crippen molar-refractivity contribution in [1.82, 2.24) is 9.97 Å². The lowest BCUT2D eigenvalue weighted by Crippen LogP contribution is -2.04. The average molecular weight is 247 g/mol. The van der Waals surface area contributed by atoms with Crippen molar-refractivity contribution in [3.05, 3.63) is 28.9 Å². The second-order valence-electron chi connectivity index (χ2n) is 3.17. The average Bonchev–Trinajstić information content (AvgIpc) is 2.85. The van der Waals surface area contributed by atoms with Gasteiger partial charge in [-0.2, -0.15) is 13.2 Å². The minimum atomic E-state index is -4.39. The third kappa shape index (κ3) is 2.10. The molecule has 0 radical (unpaired) electrons. The lowest BCUT2D eigenvalue weighted by atomic mass is 10.3. The van der Waals surface area contributed by atoms with Crippen LogP contribution in [0.1, 0.15) is 11.3 Å². The van der Waals surface area contributed by atoms with Gasteiger partial charge >= 0.3 is 6.18 Å². The molecule has 0 spiro atoms. The summed E-state index contributed by atoms with van der Waals surface area (Å²) in [4.78, 5) is 6.58. The quantitative estimate of drug-likeness (QED) is 0.857. The second-order valence-corrected chi connectivity index (χ2v) is 4.08. The molecule has 0 fully saturated rings. The van der Waals surface area contributed by atoms with Crippen LogP contribution in [-0.2, 0) is 12.7 Å². The van der Waals surface area contributed by atoms with Crippen molar-refractivity contribution in [2.24, 2.45) is 5.73 Å². The molecule has 86 valence electrons. The van der Waals surface area contributed by atoms with Crippen molar-refractivity contribution in [2.75, 3.05) is 0 Å². The van der Waals surface area contributed by atoms with Crippen molar-refractivity contribution >= 4 is 11.3 Å². The SMILES string of the molecule is NCc1csc(-c2ncc(C(F)(F)F)[nH]2)c1. The molecule has 7 heteroatoms. The second kappa shape index (κ2) is 3.91. The van der Waals surface area contributed by atoms with E-state index in [0.717, 1.165) is 11.8 Å². The first-order valence-electron chi connectivity index (χ1n) is 4.41. The molecule has 0 aliphatic rings. The van der Waals surface area contributed by atoms with Gasteiger partial charge in [-0.05, 0) is 17.0 Å². The summed E-state index contributed by atoms with van der Waals surface area (Å²) in [5.74, 6) is 0.219. The van der Waals surface area contributed by atoms with Gasteiger partial charge in [0, 0.05) is 6.54 Å². The number of hydrogen-bond acceptors (Lipinski definition) is 3. The maximum Gasteiger partial charge on any atom is 0.432 e. The monoisotopic (exact) mass is 247 g/mol. The summed E-state index contributed by atoms with van der Waals surface area (Å²) >= 11 is 1.31. The van der Waals surface area contributed by atoms with E-state index in [1.165, 1.54) is 11.3 Å². The zero-order valence-electron chi connectivity index (χ0n) is 8.01. The van der Waals surface area contributed by atoms with Crippen molar-refractivity contribution in [3.8, 4) is 10.7 Å². The van der Waals surface area contributed by atoms with Crippen LogP contribution < -0.4 is 5.73 Å². The number of H-pyrrole nitrogens is 1. The zero-order chi connectivity index (χ0) is 11.8. The molecule has 0 unspecified atom stereocenters. The molecule has 0 bridgehead atoms. The highest BCUT2D eigenvalue weighted by atomic mass is 32.1. The van der Waals surface area contributed by atoms with Gasteiger partial charge in [-0.1, -0.05) is 0 Å². The molecule has 0 saturated heterocycles. The fourth-order valence-corrected chi connectivity index (χ4v) is 2.07. The highest BCUT2D eigenvalue weighted by molar-refractivity contribution is 7.13. The van der Waals surface area contributed by atoms with Gasteiger partial charge in [-0.15, -0.1) is 11.3 Å². The summed E-state index contributed by atoms with van der Waals surface area (Å²) < 4.78 is 36.9. The lowest BCUT2D eigenvalue weighted by Gasteiger charge is -2.00. The standard InChI is InChI=1S/C9H8F3N3S/c10-9(11,12)7-3-14-8(15-7)6-1-5(2-13)4-16-6/h1,3-4H,2,13H2,(H,14,15). The molecule has 3 nitrogen and oxygen atoms in total.